The van der Waals surface area contributed by atoms with E-state index in [1.54, 1.807) is 30.3 Å². The zero-order chi connectivity index (χ0) is 17.5. The average Bonchev–Trinajstić information content (AvgIpc) is 2.56. The van der Waals surface area contributed by atoms with Crippen molar-refractivity contribution in [2.45, 2.75) is 13.8 Å². The third-order valence-corrected chi connectivity index (χ3v) is 3.21. The van der Waals surface area contributed by atoms with E-state index in [2.05, 4.69) is 10.6 Å². The van der Waals surface area contributed by atoms with E-state index >= 15 is 0 Å². The summed E-state index contributed by atoms with van der Waals surface area (Å²) in [7, 11) is 1.50. The molecule has 6 nitrogen and oxygen atoms in total. The number of rotatable bonds is 6. The maximum Gasteiger partial charge on any atom is 0.255 e. The van der Waals surface area contributed by atoms with Crippen LogP contribution >= 0.6 is 0 Å². The van der Waals surface area contributed by atoms with Crippen LogP contribution in [0.5, 0.6) is 11.5 Å². The first-order valence-corrected chi connectivity index (χ1v) is 7.54. The van der Waals surface area contributed by atoms with Gasteiger partial charge >= 0.3 is 0 Å². The molecule has 6 heteroatoms. The lowest BCUT2D eigenvalue weighted by Crippen LogP contribution is -2.14. The van der Waals surface area contributed by atoms with Crippen molar-refractivity contribution in [2.24, 2.45) is 0 Å². The van der Waals surface area contributed by atoms with Crippen LogP contribution < -0.4 is 20.1 Å². The molecule has 0 fully saturated rings. The molecule has 0 aliphatic rings. The molecule has 0 unspecified atom stereocenters. The van der Waals surface area contributed by atoms with Gasteiger partial charge in [0.25, 0.3) is 5.91 Å². The van der Waals surface area contributed by atoms with Gasteiger partial charge in [-0.1, -0.05) is 12.1 Å². The molecule has 0 heterocycles. The number of hydrogen-bond donors (Lipinski definition) is 2. The Kier molecular flexibility index (Phi) is 5.78. The van der Waals surface area contributed by atoms with Gasteiger partial charge in [0.05, 0.1) is 25.1 Å². The van der Waals surface area contributed by atoms with Crippen LogP contribution in [0.3, 0.4) is 0 Å². The van der Waals surface area contributed by atoms with Crippen LogP contribution in [-0.4, -0.2) is 25.5 Å². The number of carbonyl (C=O) groups excluding carboxylic acids is 2. The van der Waals surface area contributed by atoms with Crippen LogP contribution in [0.4, 0.5) is 11.4 Å². The topological polar surface area (TPSA) is 76.7 Å². The van der Waals surface area contributed by atoms with Gasteiger partial charge < -0.3 is 20.1 Å². The maximum atomic E-state index is 12.5. The number of carbonyl (C=O) groups is 2. The van der Waals surface area contributed by atoms with Crippen LogP contribution in [-0.2, 0) is 4.79 Å². The molecule has 0 aliphatic carbocycles. The molecule has 24 heavy (non-hydrogen) atoms. The molecule has 0 bridgehead atoms. The molecular weight excluding hydrogens is 308 g/mol. The summed E-state index contributed by atoms with van der Waals surface area (Å²) in [4.78, 5) is 23.8. The Hall–Kier alpha value is -3.02. The zero-order valence-corrected chi connectivity index (χ0v) is 13.9. The van der Waals surface area contributed by atoms with Crippen molar-refractivity contribution in [2.75, 3.05) is 24.4 Å². The van der Waals surface area contributed by atoms with Gasteiger partial charge in [-0.2, -0.15) is 0 Å². The van der Waals surface area contributed by atoms with Crippen LogP contribution in [0.15, 0.2) is 42.5 Å². The average molecular weight is 328 g/mol. The van der Waals surface area contributed by atoms with Gasteiger partial charge in [-0.25, -0.2) is 0 Å². The van der Waals surface area contributed by atoms with Gasteiger partial charge in [0.1, 0.15) is 11.5 Å². The number of nitrogens with one attached hydrogen (secondary N) is 2. The summed E-state index contributed by atoms with van der Waals surface area (Å²) < 4.78 is 10.7. The summed E-state index contributed by atoms with van der Waals surface area (Å²) in [5.74, 6) is 0.532. The van der Waals surface area contributed by atoms with Crippen molar-refractivity contribution in [1.29, 1.82) is 0 Å². The number of benzene rings is 2. The molecule has 0 saturated carbocycles. The molecule has 0 aromatic heterocycles. The van der Waals surface area contributed by atoms with Crippen molar-refractivity contribution in [1.82, 2.24) is 0 Å². The molecule has 126 valence electrons. The van der Waals surface area contributed by atoms with Crippen molar-refractivity contribution in [3.63, 3.8) is 0 Å². The molecule has 0 saturated heterocycles. The summed E-state index contributed by atoms with van der Waals surface area (Å²) >= 11 is 0. The Balaban J connectivity index is 2.25. The van der Waals surface area contributed by atoms with Gasteiger partial charge in [0.2, 0.25) is 5.91 Å². The van der Waals surface area contributed by atoms with Gasteiger partial charge in [-0.05, 0) is 37.3 Å². The third-order valence-electron chi connectivity index (χ3n) is 3.21. The minimum atomic E-state index is -0.309. The SMILES string of the molecule is CCOc1ccccc1NC(=O)c1ccc(OC)c(NC(C)=O)c1. The second-order valence-electron chi connectivity index (χ2n) is 4.98. The summed E-state index contributed by atoms with van der Waals surface area (Å²) in [6.07, 6.45) is 0. The zero-order valence-electron chi connectivity index (χ0n) is 13.9. The Morgan fingerprint density at radius 3 is 2.42 bits per heavy atom. The fourth-order valence-electron chi connectivity index (χ4n) is 2.18. The number of ether oxygens (including phenoxy) is 2. The van der Waals surface area contributed by atoms with E-state index in [-0.39, 0.29) is 11.8 Å². The van der Waals surface area contributed by atoms with Crippen molar-refractivity contribution >= 4 is 23.2 Å². The molecular formula is C18H20N2O4. The predicted molar refractivity (Wildman–Crippen MR) is 92.9 cm³/mol. The first kappa shape index (κ1) is 17.3. The number of anilines is 2. The molecule has 2 rings (SSSR count). The summed E-state index contributed by atoms with van der Waals surface area (Å²) in [6.45, 7) is 3.77. The monoisotopic (exact) mass is 328 g/mol. The highest BCUT2D eigenvalue weighted by atomic mass is 16.5. The van der Waals surface area contributed by atoms with Crippen LogP contribution in [0.1, 0.15) is 24.2 Å². The summed E-state index contributed by atoms with van der Waals surface area (Å²) in [5.41, 5.74) is 1.42. The van der Waals surface area contributed by atoms with Gasteiger partial charge in [0.15, 0.2) is 0 Å². The normalized spacial score (nSPS) is 9.96. The van der Waals surface area contributed by atoms with Crippen molar-refractivity contribution < 1.29 is 19.1 Å². The Labute approximate surface area is 140 Å². The lowest BCUT2D eigenvalue weighted by Gasteiger charge is -2.13. The van der Waals surface area contributed by atoms with Crippen molar-refractivity contribution in [3.8, 4) is 11.5 Å². The third kappa shape index (κ3) is 4.25. The largest absolute Gasteiger partial charge is 0.495 e. The van der Waals surface area contributed by atoms with Crippen LogP contribution in [0.2, 0.25) is 0 Å². The second kappa shape index (κ2) is 8.01. The predicted octanol–water partition coefficient (Wildman–Crippen LogP) is 3.30. The van der Waals surface area contributed by atoms with Gasteiger partial charge in [-0.15, -0.1) is 0 Å². The fourth-order valence-corrected chi connectivity index (χ4v) is 2.18. The molecule has 0 spiro atoms. The Bertz CT molecular complexity index is 744. The fraction of sp³-hybridized carbons (Fsp3) is 0.222. The lowest BCUT2D eigenvalue weighted by atomic mass is 10.1. The molecule has 0 aliphatic heterocycles. The Morgan fingerprint density at radius 2 is 1.75 bits per heavy atom. The number of para-hydroxylation sites is 2. The van der Waals surface area contributed by atoms with E-state index in [1.807, 2.05) is 19.1 Å². The molecule has 2 aromatic rings. The minimum Gasteiger partial charge on any atom is -0.495 e. The highest BCUT2D eigenvalue weighted by Crippen LogP contribution is 2.27. The lowest BCUT2D eigenvalue weighted by molar-refractivity contribution is -0.114. The summed E-state index contributed by atoms with van der Waals surface area (Å²) in [6, 6.07) is 12.0. The molecule has 2 N–H and O–H groups in total. The Morgan fingerprint density at radius 1 is 1.00 bits per heavy atom. The molecule has 2 amide bonds. The first-order chi connectivity index (χ1) is 11.5. The van der Waals surface area contributed by atoms with E-state index < -0.39 is 0 Å². The van der Waals surface area contributed by atoms with Gasteiger partial charge in [-0.3, -0.25) is 9.59 Å². The highest BCUT2D eigenvalue weighted by Gasteiger charge is 2.13. The highest BCUT2D eigenvalue weighted by molar-refractivity contribution is 6.06. The summed E-state index contributed by atoms with van der Waals surface area (Å²) in [5, 5.41) is 5.46. The molecule has 0 radical (unpaired) electrons. The first-order valence-electron chi connectivity index (χ1n) is 7.54. The maximum absolute atomic E-state index is 12.5. The van der Waals surface area contributed by atoms with Gasteiger partial charge in [0, 0.05) is 12.5 Å². The minimum absolute atomic E-state index is 0.243. The number of hydrogen-bond acceptors (Lipinski definition) is 4. The van der Waals surface area contributed by atoms with E-state index in [0.29, 0.717) is 35.0 Å². The second-order valence-corrected chi connectivity index (χ2v) is 4.98. The van der Waals surface area contributed by atoms with Crippen molar-refractivity contribution in [3.05, 3.63) is 48.0 Å². The molecule has 0 atom stereocenters. The van der Waals surface area contributed by atoms with E-state index in [4.69, 9.17) is 9.47 Å². The van der Waals surface area contributed by atoms with E-state index in [1.165, 1.54) is 14.0 Å². The molecule has 2 aromatic carbocycles. The van der Waals surface area contributed by atoms with E-state index in [0.717, 1.165) is 0 Å². The standard InChI is InChI=1S/C18H20N2O4/c1-4-24-17-8-6-5-7-14(17)20-18(22)13-9-10-16(23-3)15(11-13)19-12(2)21/h5-11H,4H2,1-3H3,(H,19,21)(H,20,22). The quantitative estimate of drug-likeness (QED) is 0.853. The number of amides is 2. The van der Waals surface area contributed by atoms with Crippen LogP contribution in [0, 0.1) is 0 Å². The van der Waals surface area contributed by atoms with E-state index in [9.17, 15) is 9.59 Å². The van der Waals surface area contributed by atoms with Crippen LogP contribution in [0.25, 0.3) is 0 Å². The number of methoxy groups -OCH3 is 1. The smallest absolute Gasteiger partial charge is 0.255 e.